The van der Waals surface area contributed by atoms with Gasteiger partial charge in [0.05, 0.1) is 11.8 Å². The molecule has 22 heavy (non-hydrogen) atoms. The maximum absolute atomic E-state index is 12.0. The number of nitrogens with zero attached hydrogens (tertiary/aromatic N) is 3. The lowest BCUT2D eigenvalue weighted by molar-refractivity contribution is 0.114. The van der Waals surface area contributed by atoms with Gasteiger partial charge >= 0.3 is 6.03 Å². The molecule has 1 aliphatic carbocycles. The second-order valence-corrected chi connectivity index (χ2v) is 6.50. The summed E-state index contributed by atoms with van der Waals surface area (Å²) in [5, 5.41) is 17.2. The fraction of sp³-hybridized carbons (Fsp3) is 0.750. The first-order chi connectivity index (χ1) is 10.5. The number of nitrogens with one attached hydrogen (secondary N) is 1. The molecular weight excluding hydrogens is 280 g/mol. The number of aliphatic hydroxyl groups is 1. The Balaban J connectivity index is 1.70. The zero-order valence-corrected chi connectivity index (χ0v) is 13.8. The van der Waals surface area contributed by atoms with Crippen molar-refractivity contribution in [3.8, 4) is 0 Å². The second-order valence-electron chi connectivity index (χ2n) is 6.50. The molecule has 0 unspecified atom stereocenters. The van der Waals surface area contributed by atoms with Crippen molar-refractivity contribution in [3.63, 3.8) is 0 Å². The number of aromatic nitrogens is 2. The smallest absolute Gasteiger partial charge is 0.317 e. The first-order valence-corrected chi connectivity index (χ1v) is 8.18. The molecule has 0 radical (unpaired) electrons. The van der Waals surface area contributed by atoms with Crippen LogP contribution in [0.3, 0.4) is 0 Å². The SMILES string of the molecule is CC(C)n1ccc(CCNC(=O)N(C)C[C@H]2CCC[C@@H]2O)n1. The number of amides is 2. The molecule has 0 spiro atoms. The van der Waals surface area contributed by atoms with Crippen LogP contribution in [0.2, 0.25) is 0 Å². The topological polar surface area (TPSA) is 70.4 Å². The fourth-order valence-corrected chi connectivity index (χ4v) is 2.90. The summed E-state index contributed by atoms with van der Waals surface area (Å²) in [4.78, 5) is 13.7. The molecule has 1 aromatic rings. The van der Waals surface area contributed by atoms with Gasteiger partial charge in [0.15, 0.2) is 0 Å². The Morgan fingerprint density at radius 3 is 2.91 bits per heavy atom. The van der Waals surface area contributed by atoms with E-state index < -0.39 is 0 Å². The Bertz CT molecular complexity index is 486. The Hall–Kier alpha value is -1.56. The zero-order chi connectivity index (χ0) is 16.1. The maximum atomic E-state index is 12.0. The lowest BCUT2D eigenvalue weighted by Crippen LogP contribution is -2.41. The molecule has 6 heteroatoms. The number of carbonyl (C=O) groups excluding carboxylic acids is 1. The third-order valence-electron chi connectivity index (χ3n) is 4.32. The Kier molecular flexibility index (Phi) is 5.83. The summed E-state index contributed by atoms with van der Waals surface area (Å²) < 4.78 is 1.92. The summed E-state index contributed by atoms with van der Waals surface area (Å²) in [5.74, 6) is 0.220. The van der Waals surface area contributed by atoms with E-state index in [0.717, 1.165) is 31.4 Å². The first-order valence-electron chi connectivity index (χ1n) is 8.18. The second kappa shape index (κ2) is 7.63. The van der Waals surface area contributed by atoms with E-state index >= 15 is 0 Å². The average Bonchev–Trinajstić information content (AvgIpc) is 3.09. The van der Waals surface area contributed by atoms with Crippen molar-refractivity contribution >= 4 is 6.03 Å². The third-order valence-corrected chi connectivity index (χ3v) is 4.32. The summed E-state index contributed by atoms with van der Waals surface area (Å²) in [7, 11) is 1.79. The van der Waals surface area contributed by atoms with Gasteiger partial charge in [0.25, 0.3) is 0 Å². The highest BCUT2D eigenvalue weighted by Gasteiger charge is 2.27. The number of hydrogen-bond donors (Lipinski definition) is 2. The quantitative estimate of drug-likeness (QED) is 0.842. The van der Waals surface area contributed by atoms with E-state index in [0.29, 0.717) is 19.1 Å². The van der Waals surface area contributed by atoms with Gasteiger partial charge in [-0.15, -0.1) is 0 Å². The molecule has 124 valence electrons. The van der Waals surface area contributed by atoms with Crippen LogP contribution in [0.5, 0.6) is 0 Å². The number of aliphatic hydroxyl groups excluding tert-OH is 1. The van der Waals surface area contributed by atoms with Gasteiger partial charge in [-0.1, -0.05) is 6.42 Å². The van der Waals surface area contributed by atoms with Gasteiger partial charge in [0.1, 0.15) is 0 Å². The summed E-state index contributed by atoms with van der Waals surface area (Å²) in [5.41, 5.74) is 0.989. The highest BCUT2D eigenvalue weighted by Crippen LogP contribution is 2.25. The molecule has 2 rings (SSSR count). The molecule has 1 fully saturated rings. The first kappa shape index (κ1) is 16.8. The van der Waals surface area contributed by atoms with E-state index in [9.17, 15) is 9.90 Å². The van der Waals surface area contributed by atoms with Gasteiger partial charge < -0.3 is 15.3 Å². The van der Waals surface area contributed by atoms with Gasteiger partial charge in [0.2, 0.25) is 0 Å². The van der Waals surface area contributed by atoms with Crippen LogP contribution in [0.4, 0.5) is 4.79 Å². The molecule has 2 N–H and O–H groups in total. The number of hydrogen-bond acceptors (Lipinski definition) is 3. The fourth-order valence-electron chi connectivity index (χ4n) is 2.90. The molecule has 1 saturated carbocycles. The van der Waals surface area contributed by atoms with Gasteiger partial charge in [-0.25, -0.2) is 4.79 Å². The van der Waals surface area contributed by atoms with Crippen LogP contribution in [-0.2, 0) is 6.42 Å². The Morgan fingerprint density at radius 1 is 1.55 bits per heavy atom. The summed E-state index contributed by atoms with van der Waals surface area (Å²) in [6, 6.07) is 2.26. The minimum atomic E-state index is -0.254. The molecule has 1 aliphatic rings. The van der Waals surface area contributed by atoms with E-state index in [1.165, 1.54) is 0 Å². The average molecular weight is 308 g/mol. The van der Waals surface area contributed by atoms with Crippen molar-refractivity contribution in [2.75, 3.05) is 20.1 Å². The normalized spacial score (nSPS) is 21.3. The summed E-state index contributed by atoms with van der Waals surface area (Å²) in [6.07, 6.45) is 5.36. The third kappa shape index (κ3) is 4.47. The van der Waals surface area contributed by atoms with Crippen molar-refractivity contribution in [1.82, 2.24) is 20.0 Å². The molecule has 0 aliphatic heterocycles. The van der Waals surface area contributed by atoms with Crippen LogP contribution >= 0.6 is 0 Å². The molecule has 2 atom stereocenters. The highest BCUT2D eigenvalue weighted by molar-refractivity contribution is 5.73. The van der Waals surface area contributed by atoms with E-state index in [1.807, 2.05) is 16.9 Å². The molecule has 1 aromatic heterocycles. The van der Waals surface area contributed by atoms with Gasteiger partial charge in [0, 0.05) is 44.7 Å². The van der Waals surface area contributed by atoms with Crippen LogP contribution in [-0.4, -0.2) is 52.1 Å². The highest BCUT2D eigenvalue weighted by atomic mass is 16.3. The van der Waals surface area contributed by atoms with Crippen LogP contribution < -0.4 is 5.32 Å². The van der Waals surface area contributed by atoms with E-state index in [2.05, 4.69) is 24.3 Å². The maximum Gasteiger partial charge on any atom is 0.317 e. The van der Waals surface area contributed by atoms with E-state index in [4.69, 9.17) is 0 Å². The van der Waals surface area contributed by atoms with E-state index in [-0.39, 0.29) is 18.1 Å². The predicted molar refractivity (Wildman–Crippen MR) is 85.7 cm³/mol. The molecule has 0 saturated heterocycles. The van der Waals surface area contributed by atoms with Gasteiger partial charge in [-0.3, -0.25) is 4.68 Å². The van der Waals surface area contributed by atoms with Crippen molar-refractivity contribution in [2.45, 2.75) is 51.7 Å². The van der Waals surface area contributed by atoms with Crippen molar-refractivity contribution in [2.24, 2.45) is 5.92 Å². The predicted octanol–water partition coefficient (Wildman–Crippen LogP) is 1.81. The lowest BCUT2D eigenvalue weighted by atomic mass is 10.1. The Morgan fingerprint density at radius 2 is 2.32 bits per heavy atom. The van der Waals surface area contributed by atoms with Gasteiger partial charge in [-0.05, 0) is 32.8 Å². The summed E-state index contributed by atoms with van der Waals surface area (Å²) in [6.45, 7) is 5.37. The number of rotatable bonds is 6. The summed E-state index contributed by atoms with van der Waals surface area (Å²) >= 11 is 0. The minimum Gasteiger partial charge on any atom is -0.393 e. The van der Waals surface area contributed by atoms with Crippen molar-refractivity contribution in [3.05, 3.63) is 18.0 Å². The van der Waals surface area contributed by atoms with Crippen molar-refractivity contribution < 1.29 is 9.90 Å². The standard InChI is InChI=1S/C16H28N4O2/c1-12(2)20-10-8-14(18-20)7-9-17-16(22)19(3)11-13-5-4-6-15(13)21/h8,10,12-13,15,21H,4-7,9,11H2,1-3H3,(H,17,22)/t13-,15+/m1/s1. The van der Waals surface area contributed by atoms with E-state index in [1.54, 1.807) is 11.9 Å². The van der Waals surface area contributed by atoms with Gasteiger partial charge in [-0.2, -0.15) is 5.10 Å². The Labute approximate surface area is 132 Å². The monoisotopic (exact) mass is 308 g/mol. The molecule has 6 nitrogen and oxygen atoms in total. The molecule has 2 amide bonds. The minimum absolute atomic E-state index is 0.0811. The molecule has 1 heterocycles. The lowest BCUT2D eigenvalue weighted by Gasteiger charge is -2.23. The van der Waals surface area contributed by atoms with Crippen molar-refractivity contribution in [1.29, 1.82) is 0 Å². The molecule has 0 bridgehead atoms. The largest absolute Gasteiger partial charge is 0.393 e. The van der Waals surface area contributed by atoms with Crippen LogP contribution in [0.15, 0.2) is 12.3 Å². The molecule has 0 aromatic carbocycles. The number of carbonyl (C=O) groups is 1. The van der Waals surface area contributed by atoms with Crippen LogP contribution in [0, 0.1) is 5.92 Å². The zero-order valence-electron chi connectivity index (χ0n) is 13.8. The number of urea groups is 1. The molecular formula is C16H28N4O2. The van der Waals surface area contributed by atoms with Crippen LogP contribution in [0.1, 0.15) is 44.8 Å². The van der Waals surface area contributed by atoms with Crippen LogP contribution in [0.25, 0.3) is 0 Å².